The Labute approximate surface area is 134 Å². The third kappa shape index (κ3) is 3.99. The van der Waals surface area contributed by atoms with E-state index in [4.69, 9.17) is 23.2 Å². The van der Waals surface area contributed by atoms with Gasteiger partial charge in [-0.25, -0.2) is 0 Å². The van der Waals surface area contributed by atoms with Crippen LogP contribution < -0.4 is 0 Å². The zero-order valence-electron chi connectivity index (χ0n) is 11.6. The first-order valence-electron chi connectivity index (χ1n) is 6.69. The molecule has 2 aromatic rings. The van der Waals surface area contributed by atoms with Gasteiger partial charge in [0, 0.05) is 10.0 Å². The van der Waals surface area contributed by atoms with Crippen molar-refractivity contribution in [3.05, 3.63) is 69.2 Å². The van der Waals surface area contributed by atoms with Crippen LogP contribution >= 0.6 is 23.2 Å². The molecule has 0 spiro atoms. The number of aryl methyl sites for hydroxylation is 1. The van der Waals surface area contributed by atoms with E-state index in [1.54, 1.807) is 18.2 Å². The fourth-order valence-corrected chi connectivity index (χ4v) is 2.88. The van der Waals surface area contributed by atoms with Gasteiger partial charge in [-0.3, -0.25) is 4.79 Å². The van der Waals surface area contributed by atoms with Gasteiger partial charge in [0.05, 0.1) is 5.92 Å². The Hall–Kier alpha value is -1.51. The van der Waals surface area contributed by atoms with Crippen LogP contribution in [-0.2, 0) is 17.6 Å². The third-order valence-electron chi connectivity index (χ3n) is 3.59. The smallest absolute Gasteiger partial charge is 0.307 e. The molecule has 2 rings (SSSR count). The lowest BCUT2D eigenvalue weighted by Crippen LogP contribution is -2.20. The molecule has 0 saturated heterocycles. The van der Waals surface area contributed by atoms with Gasteiger partial charge in [-0.1, -0.05) is 53.5 Å². The van der Waals surface area contributed by atoms with Gasteiger partial charge in [-0.05, 0) is 48.6 Å². The molecule has 0 aliphatic heterocycles. The average Bonchev–Trinajstić information content (AvgIpc) is 2.43. The molecule has 4 heteroatoms. The number of rotatable bonds is 5. The second-order valence-electron chi connectivity index (χ2n) is 5.07. The summed E-state index contributed by atoms with van der Waals surface area (Å²) in [6, 6.07) is 13.0. The predicted molar refractivity (Wildman–Crippen MR) is 86.2 cm³/mol. The van der Waals surface area contributed by atoms with Gasteiger partial charge in [-0.2, -0.15) is 0 Å². The van der Waals surface area contributed by atoms with E-state index >= 15 is 0 Å². The molecule has 0 saturated carbocycles. The van der Waals surface area contributed by atoms with Crippen LogP contribution in [0.1, 0.15) is 16.7 Å². The van der Waals surface area contributed by atoms with E-state index in [-0.39, 0.29) is 0 Å². The van der Waals surface area contributed by atoms with E-state index in [9.17, 15) is 9.90 Å². The molecular formula is C17H16Cl2O2. The third-order valence-corrected chi connectivity index (χ3v) is 4.30. The summed E-state index contributed by atoms with van der Waals surface area (Å²) in [5.41, 5.74) is 2.82. The minimum Gasteiger partial charge on any atom is -0.481 e. The van der Waals surface area contributed by atoms with Gasteiger partial charge in [0.15, 0.2) is 0 Å². The summed E-state index contributed by atoms with van der Waals surface area (Å²) < 4.78 is 0. The molecule has 0 radical (unpaired) electrons. The SMILES string of the molecule is Cc1ccccc1CC(Cc1c(Cl)cccc1Cl)C(=O)O. The van der Waals surface area contributed by atoms with Crippen LogP contribution in [0.2, 0.25) is 10.0 Å². The van der Waals surface area contributed by atoms with Crippen molar-refractivity contribution in [3.63, 3.8) is 0 Å². The monoisotopic (exact) mass is 322 g/mol. The molecule has 1 unspecified atom stereocenters. The Morgan fingerprint density at radius 3 is 2.24 bits per heavy atom. The first-order valence-corrected chi connectivity index (χ1v) is 7.45. The quantitative estimate of drug-likeness (QED) is 0.859. The molecule has 0 aromatic heterocycles. The molecule has 0 amide bonds. The van der Waals surface area contributed by atoms with Crippen LogP contribution in [0, 0.1) is 12.8 Å². The maximum atomic E-state index is 11.6. The minimum atomic E-state index is -0.839. The van der Waals surface area contributed by atoms with Crippen molar-refractivity contribution in [2.24, 2.45) is 5.92 Å². The van der Waals surface area contributed by atoms with Crippen molar-refractivity contribution in [2.45, 2.75) is 19.8 Å². The highest BCUT2D eigenvalue weighted by Gasteiger charge is 2.21. The maximum absolute atomic E-state index is 11.6. The van der Waals surface area contributed by atoms with Crippen LogP contribution in [-0.4, -0.2) is 11.1 Å². The number of aliphatic carboxylic acids is 1. The second-order valence-corrected chi connectivity index (χ2v) is 5.88. The molecule has 2 nitrogen and oxygen atoms in total. The van der Waals surface area contributed by atoms with Crippen molar-refractivity contribution in [1.29, 1.82) is 0 Å². The molecule has 1 N–H and O–H groups in total. The van der Waals surface area contributed by atoms with E-state index in [2.05, 4.69) is 0 Å². The Morgan fingerprint density at radius 2 is 1.67 bits per heavy atom. The molecule has 110 valence electrons. The van der Waals surface area contributed by atoms with Crippen molar-refractivity contribution in [3.8, 4) is 0 Å². The highest BCUT2D eigenvalue weighted by Crippen LogP contribution is 2.28. The summed E-state index contributed by atoms with van der Waals surface area (Å²) in [4.78, 5) is 11.6. The van der Waals surface area contributed by atoms with Crippen LogP contribution in [0.4, 0.5) is 0 Å². The van der Waals surface area contributed by atoms with Crippen LogP contribution in [0.5, 0.6) is 0 Å². The van der Waals surface area contributed by atoms with E-state index in [0.29, 0.717) is 28.5 Å². The highest BCUT2D eigenvalue weighted by atomic mass is 35.5. The van der Waals surface area contributed by atoms with Gasteiger partial charge in [0.2, 0.25) is 0 Å². The number of carboxylic acids is 1. The number of hydrogen-bond acceptors (Lipinski definition) is 1. The van der Waals surface area contributed by atoms with Crippen molar-refractivity contribution >= 4 is 29.2 Å². The number of benzene rings is 2. The van der Waals surface area contributed by atoms with Crippen LogP contribution in [0.25, 0.3) is 0 Å². The van der Waals surface area contributed by atoms with E-state index in [1.165, 1.54) is 0 Å². The molecular weight excluding hydrogens is 307 g/mol. The summed E-state index contributed by atoms with van der Waals surface area (Å²) in [6.45, 7) is 1.98. The number of halogens is 2. The average molecular weight is 323 g/mol. The topological polar surface area (TPSA) is 37.3 Å². The minimum absolute atomic E-state index is 0.322. The number of carboxylic acid groups (broad SMARTS) is 1. The zero-order chi connectivity index (χ0) is 15.4. The molecule has 1 atom stereocenters. The van der Waals surface area contributed by atoms with Gasteiger partial charge in [0.1, 0.15) is 0 Å². The number of carbonyl (C=O) groups is 1. The number of hydrogen-bond donors (Lipinski definition) is 1. The first-order chi connectivity index (χ1) is 9.99. The molecule has 0 aliphatic carbocycles. The lowest BCUT2D eigenvalue weighted by molar-refractivity contribution is -0.141. The van der Waals surface area contributed by atoms with Crippen LogP contribution in [0.15, 0.2) is 42.5 Å². The Balaban J connectivity index is 2.25. The molecule has 0 bridgehead atoms. The molecule has 0 aliphatic rings. The van der Waals surface area contributed by atoms with Crippen molar-refractivity contribution in [2.75, 3.05) is 0 Å². The van der Waals surface area contributed by atoms with Crippen molar-refractivity contribution in [1.82, 2.24) is 0 Å². The fraction of sp³-hybridized carbons (Fsp3) is 0.235. The van der Waals surface area contributed by atoms with Crippen LogP contribution in [0.3, 0.4) is 0 Å². The Morgan fingerprint density at radius 1 is 1.05 bits per heavy atom. The summed E-state index contributed by atoms with van der Waals surface area (Å²) in [6.07, 6.45) is 0.783. The summed E-state index contributed by atoms with van der Waals surface area (Å²) in [7, 11) is 0. The lowest BCUT2D eigenvalue weighted by atomic mass is 9.91. The molecule has 0 heterocycles. The summed E-state index contributed by atoms with van der Waals surface area (Å²) >= 11 is 12.3. The molecule has 21 heavy (non-hydrogen) atoms. The van der Waals surface area contributed by atoms with Gasteiger partial charge >= 0.3 is 5.97 Å². The fourth-order valence-electron chi connectivity index (χ4n) is 2.33. The summed E-state index contributed by atoms with van der Waals surface area (Å²) in [5, 5.41) is 10.5. The molecule has 2 aromatic carbocycles. The van der Waals surface area contributed by atoms with Gasteiger partial charge in [0.25, 0.3) is 0 Å². The maximum Gasteiger partial charge on any atom is 0.307 e. The second kappa shape index (κ2) is 6.97. The molecule has 0 fully saturated rings. The van der Waals surface area contributed by atoms with Gasteiger partial charge in [-0.15, -0.1) is 0 Å². The largest absolute Gasteiger partial charge is 0.481 e. The van der Waals surface area contributed by atoms with Gasteiger partial charge < -0.3 is 5.11 Å². The van der Waals surface area contributed by atoms with E-state index < -0.39 is 11.9 Å². The van der Waals surface area contributed by atoms with E-state index in [1.807, 2.05) is 31.2 Å². The van der Waals surface area contributed by atoms with E-state index in [0.717, 1.165) is 11.1 Å². The highest BCUT2D eigenvalue weighted by molar-refractivity contribution is 6.36. The standard InChI is InChI=1S/C17H16Cl2O2/c1-11-5-2-3-6-12(11)9-13(17(20)21)10-14-15(18)7-4-8-16(14)19/h2-8,13H,9-10H2,1H3,(H,20,21). The Kier molecular flexibility index (Phi) is 5.27. The zero-order valence-corrected chi connectivity index (χ0v) is 13.2. The van der Waals surface area contributed by atoms with Crippen molar-refractivity contribution < 1.29 is 9.90 Å². The normalized spacial score (nSPS) is 12.1. The lowest BCUT2D eigenvalue weighted by Gasteiger charge is -2.16. The Bertz CT molecular complexity index is 633. The first kappa shape index (κ1) is 15.9. The predicted octanol–water partition coefficient (Wildman–Crippen LogP) is 4.79. The summed E-state index contributed by atoms with van der Waals surface area (Å²) in [5.74, 6) is -1.39.